The molecule has 0 radical (unpaired) electrons. The second-order valence-corrected chi connectivity index (χ2v) is 6.14. The molecule has 3 aromatic rings. The van der Waals surface area contributed by atoms with Crippen LogP contribution in [0, 0.1) is 0 Å². The number of hydrogen-bond donors (Lipinski definition) is 2. The lowest BCUT2D eigenvalue weighted by Crippen LogP contribution is -2.27. The van der Waals surface area contributed by atoms with Crippen LogP contribution in [0.5, 0.6) is 0 Å². The van der Waals surface area contributed by atoms with Crippen molar-refractivity contribution in [3.63, 3.8) is 0 Å². The molecule has 0 amide bonds. The van der Waals surface area contributed by atoms with Crippen LogP contribution in [-0.2, 0) is 19.9 Å². The molecule has 0 fully saturated rings. The van der Waals surface area contributed by atoms with Crippen molar-refractivity contribution in [1.29, 1.82) is 0 Å². The van der Waals surface area contributed by atoms with E-state index >= 15 is 0 Å². The van der Waals surface area contributed by atoms with Gasteiger partial charge < -0.3 is 10.4 Å². The van der Waals surface area contributed by atoms with Gasteiger partial charge in [0.15, 0.2) is 5.65 Å². The van der Waals surface area contributed by atoms with Crippen LogP contribution in [0.2, 0.25) is 5.02 Å². The molecule has 24 heavy (non-hydrogen) atoms. The Labute approximate surface area is 145 Å². The normalized spacial score (nSPS) is 12.5. The number of halogens is 1. The number of rotatable bonds is 6. The van der Waals surface area contributed by atoms with E-state index in [2.05, 4.69) is 20.4 Å². The van der Waals surface area contributed by atoms with E-state index < -0.39 is 0 Å². The van der Waals surface area contributed by atoms with Crippen LogP contribution in [0.1, 0.15) is 18.3 Å². The third kappa shape index (κ3) is 3.49. The van der Waals surface area contributed by atoms with Crippen molar-refractivity contribution in [3.8, 4) is 0 Å². The first-order valence-corrected chi connectivity index (χ1v) is 8.29. The predicted molar refractivity (Wildman–Crippen MR) is 95.3 cm³/mol. The number of aryl methyl sites for hydroxylation is 2. The molecule has 2 heterocycles. The summed E-state index contributed by atoms with van der Waals surface area (Å²) in [6, 6.07) is 7.47. The summed E-state index contributed by atoms with van der Waals surface area (Å²) in [5.74, 6) is 1.45. The molecule has 0 bridgehead atoms. The Morgan fingerprint density at radius 2 is 2.00 bits per heavy atom. The minimum atomic E-state index is -0.158. The van der Waals surface area contributed by atoms with E-state index in [1.807, 2.05) is 38.2 Å². The van der Waals surface area contributed by atoms with Crippen LogP contribution in [0.3, 0.4) is 0 Å². The van der Waals surface area contributed by atoms with Crippen molar-refractivity contribution >= 4 is 28.5 Å². The van der Waals surface area contributed by atoms with Crippen LogP contribution in [0.15, 0.2) is 30.5 Å². The lowest BCUT2D eigenvalue weighted by atomic mass is 10.1. The molecule has 7 heteroatoms. The molecule has 6 nitrogen and oxygen atoms in total. The molecule has 126 valence electrons. The van der Waals surface area contributed by atoms with Gasteiger partial charge in [-0.3, -0.25) is 4.68 Å². The van der Waals surface area contributed by atoms with Gasteiger partial charge in [-0.05, 0) is 24.1 Å². The zero-order chi connectivity index (χ0) is 17.1. The van der Waals surface area contributed by atoms with E-state index in [1.54, 1.807) is 10.9 Å². The predicted octanol–water partition coefficient (Wildman–Crippen LogP) is 2.59. The maximum absolute atomic E-state index is 9.75. The molecular weight excluding hydrogens is 326 g/mol. The zero-order valence-corrected chi connectivity index (χ0v) is 14.5. The summed E-state index contributed by atoms with van der Waals surface area (Å²) in [7, 11) is 1.86. The second kappa shape index (κ2) is 7.15. The number of aliphatic hydroxyl groups excluding tert-OH is 1. The molecule has 0 unspecified atom stereocenters. The lowest BCUT2D eigenvalue weighted by Gasteiger charge is -2.18. The van der Waals surface area contributed by atoms with Gasteiger partial charge in [0.25, 0.3) is 0 Å². The number of hydrogen-bond acceptors (Lipinski definition) is 5. The Balaban J connectivity index is 1.87. The molecule has 0 aliphatic rings. The first-order valence-electron chi connectivity index (χ1n) is 7.91. The summed E-state index contributed by atoms with van der Waals surface area (Å²) in [5.41, 5.74) is 1.88. The standard InChI is InChI=1S/C17H20ClN5O/c1-3-15-21-16(14-9-19-23(2)17(14)22-15)20-13(10-24)8-11-4-6-12(18)7-5-11/h4-7,9,13,24H,3,8,10H2,1-2H3,(H,20,21,22)/t13-/m0/s1. The van der Waals surface area contributed by atoms with E-state index in [-0.39, 0.29) is 12.6 Å². The zero-order valence-electron chi connectivity index (χ0n) is 13.7. The highest BCUT2D eigenvalue weighted by Crippen LogP contribution is 2.21. The Bertz CT molecular complexity index is 831. The molecular formula is C17H20ClN5O. The van der Waals surface area contributed by atoms with E-state index in [4.69, 9.17) is 11.6 Å². The Kier molecular flexibility index (Phi) is 4.97. The third-order valence-electron chi connectivity index (χ3n) is 3.91. The Morgan fingerprint density at radius 1 is 1.25 bits per heavy atom. The molecule has 0 spiro atoms. The SMILES string of the molecule is CCc1nc(N[C@H](CO)Cc2ccc(Cl)cc2)c2cnn(C)c2n1. The second-order valence-electron chi connectivity index (χ2n) is 5.70. The van der Waals surface area contributed by atoms with E-state index in [1.165, 1.54) is 0 Å². The highest BCUT2D eigenvalue weighted by molar-refractivity contribution is 6.30. The van der Waals surface area contributed by atoms with Gasteiger partial charge in [-0.1, -0.05) is 30.7 Å². The van der Waals surface area contributed by atoms with Gasteiger partial charge in [0.05, 0.1) is 24.2 Å². The van der Waals surface area contributed by atoms with Gasteiger partial charge in [-0.2, -0.15) is 5.10 Å². The largest absolute Gasteiger partial charge is 0.394 e. The van der Waals surface area contributed by atoms with Gasteiger partial charge in [-0.25, -0.2) is 9.97 Å². The summed E-state index contributed by atoms with van der Waals surface area (Å²) in [6.45, 7) is 2.01. The van der Waals surface area contributed by atoms with Crippen LogP contribution in [0.4, 0.5) is 5.82 Å². The number of nitrogens with zero attached hydrogens (tertiary/aromatic N) is 4. The molecule has 0 saturated carbocycles. The number of fused-ring (bicyclic) bond motifs is 1. The van der Waals surface area contributed by atoms with Crippen molar-refractivity contribution in [2.45, 2.75) is 25.8 Å². The van der Waals surface area contributed by atoms with Crippen LogP contribution in [-0.4, -0.2) is 37.5 Å². The van der Waals surface area contributed by atoms with Crippen molar-refractivity contribution in [2.75, 3.05) is 11.9 Å². The van der Waals surface area contributed by atoms with Gasteiger partial charge in [0.1, 0.15) is 11.6 Å². The van der Waals surface area contributed by atoms with E-state index in [0.717, 1.165) is 28.8 Å². The van der Waals surface area contributed by atoms with Gasteiger partial charge in [-0.15, -0.1) is 0 Å². The van der Waals surface area contributed by atoms with Crippen molar-refractivity contribution < 1.29 is 5.11 Å². The summed E-state index contributed by atoms with van der Waals surface area (Å²) in [5, 5.41) is 18.9. The van der Waals surface area contributed by atoms with Crippen molar-refractivity contribution in [3.05, 3.63) is 46.9 Å². The minimum absolute atomic E-state index is 0.00412. The topological polar surface area (TPSA) is 75.9 Å². The first-order chi connectivity index (χ1) is 11.6. The number of benzene rings is 1. The Hall–Kier alpha value is -2.18. The smallest absolute Gasteiger partial charge is 0.163 e. The van der Waals surface area contributed by atoms with Crippen LogP contribution in [0.25, 0.3) is 11.0 Å². The average Bonchev–Trinajstić information content (AvgIpc) is 2.97. The summed E-state index contributed by atoms with van der Waals surface area (Å²) in [6.07, 6.45) is 3.14. The van der Waals surface area contributed by atoms with Gasteiger partial charge in [0.2, 0.25) is 0 Å². The molecule has 1 atom stereocenters. The fourth-order valence-corrected chi connectivity index (χ4v) is 2.72. The van der Waals surface area contributed by atoms with Crippen molar-refractivity contribution in [1.82, 2.24) is 19.7 Å². The fraction of sp³-hybridized carbons (Fsp3) is 0.353. The first kappa shape index (κ1) is 16.7. The number of anilines is 1. The summed E-state index contributed by atoms with van der Waals surface area (Å²) in [4.78, 5) is 9.08. The molecule has 0 aliphatic carbocycles. The summed E-state index contributed by atoms with van der Waals surface area (Å²) >= 11 is 5.92. The van der Waals surface area contributed by atoms with Crippen LogP contribution >= 0.6 is 11.6 Å². The highest BCUT2D eigenvalue weighted by Gasteiger charge is 2.15. The van der Waals surface area contributed by atoms with Crippen molar-refractivity contribution in [2.24, 2.45) is 7.05 Å². The molecule has 0 aliphatic heterocycles. The lowest BCUT2D eigenvalue weighted by molar-refractivity contribution is 0.273. The number of aromatic nitrogens is 4. The molecule has 2 N–H and O–H groups in total. The Morgan fingerprint density at radius 3 is 2.67 bits per heavy atom. The van der Waals surface area contributed by atoms with Gasteiger partial charge >= 0.3 is 0 Å². The van der Waals surface area contributed by atoms with E-state index in [9.17, 15) is 5.11 Å². The molecule has 3 rings (SSSR count). The third-order valence-corrected chi connectivity index (χ3v) is 4.16. The minimum Gasteiger partial charge on any atom is -0.394 e. The highest BCUT2D eigenvalue weighted by atomic mass is 35.5. The summed E-state index contributed by atoms with van der Waals surface area (Å²) < 4.78 is 1.73. The monoisotopic (exact) mass is 345 g/mol. The molecule has 1 aromatic carbocycles. The average molecular weight is 346 g/mol. The molecule has 0 saturated heterocycles. The maximum Gasteiger partial charge on any atom is 0.163 e. The quantitative estimate of drug-likeness (QED) is 0.718. The fourth-order valence-electron chi connectivity index (χ4n) is 2.59. The van der Waals surface area contributed by atoms with Gasteiger partial charge in [0, 0.05) is 18.5 Å². The van der Waals surface area contributed by atoms with Crippen LogP contribution < -0.4 is 5.32 Å². The molecule has 2 aromatic heterocycles. The van der Waals surface area contributed by atoms with E-state index in [0.29, 0.717) is 17.3 Å². The number of aliphatic hydroxyl groups is 1. The maximum atomic E-state index is 9.75. The number of nitrogens with one attached hydrogen (secondary N) is 1.